The lowest BCUT2D eigenvalue weighted by Gasteiger charge is -2.19. The fourth-order valence-electron chi connectivity index (χ4n) is 1.77. The Labute approximate surface area is 102 Å². The summed E-state index contributed by atoms with van der Waals surface area (Å²) in [7, 11) is 0. The molecule has 2 heterocycles. The highest BCUT2D eigenvalue weighted by Gasteiger charge is 2.15. The number of nitrogens with zero attached hydrogens (tertiary/aromatic N) is 3. The van der Waals surface area contributed by atoms with Gasteiger partial charge in [-0.25, -0.2) is 9.97 Å². The fourth-order valence-corrected chi connectivity index (χ4v) is 1.77. The molecule has 17 heavy (non-hydrogen) atoms. The molecule has 4 nitrogen and oxygen atoms in total. The average molecular weight is 230 g/mol. The summed E-state index contributed by atoms with van der Waals surface area (Å²) >= 11 is 0. The summed E-state index contributed by atoms with van der Waals surface area (Å²) < 4.78 is 2.05. The van der Waals surface area contributed by atoms with Gasteiger partial charge < -0.3 is 10.3 Å². The Kier molecular flexibility index (Phi) is 2.88. The first-order chi connectivity index (χ1) is 7.96. The smallest absolute Gasteiger partial charge is 0.123 e. The number of hydrogen-bond donors (Lipinski definition) is 1. The molecule has 0 aliphatic rings. The molecular formula is C13H18N4. The Morgan fingerprint density at radius 3 is 2.59 bits per heavy atom. The number of hydrogen-bond acceptors (Lipinski definition) is 3. The zero-order chi connectivity index (χ0) is 12.5. The van der Waals surface area contributed by atoms with Crippen LogP contribution in [0, 0.1) is 5.41 Å². The van der Waals surface area contributed by atoms with Crippen LogP contribution in [0.4, 0.5) is 5.82 Å². The van der Waals surface area contributed by atoms with Crippen LogP contribution in [0.1, 0.15) is 26.5 Å². The zero-order valence-corrected chi connectivity index (χ0v) is 10.5. The van der Waals surface area contributed by atoms with Gasteiger partial charge in [-0.3, -0.25) is 0 Å². The van der Waals surface area contributed by atoms with Crippen LogP contribution in [0.15, 0.2) is 30.9 Å². The molecule has 0 atom stereocenters. The van der Waals surface area contributed by atoms with Crippen LogP contribution < -0.4 is 5.73 Å². The molecule has 0 spiro atoms. The second-order valence-corrected chi connectivity index (χ2v) is 5.43. The van der Waals surface area contributed by atoms with E-state index in [1.165, 1.54) is 5.69 Å². The molecule has 0 saturated carbocycles. The maximum absolute atomic E-state index is 5.58. The van der Waals surface area contributed by atoms with Crippen molar-refractivity contribution in [1.82, 2.24) is 14.5 Å². The molecule has 2 rings (SSSR count). The Hall–Kier alpha value is -1.84. The lowest BCUT2D eigenvalue weighted by Crippen LogP contribution is -2.12. The Morgan fingerprint density at radius 2 is 2.00 bits per heavy atom. The monoisotopic (exact) mass is 230 g/mol. The third kappa shape index (κ3) is 2.84. The van der Waals surface area contributed by atoms with Gasteiger partial charge in [0, 0.05) is 11.9 Å². The van der Waals surface area contributed by atoms with Gasteiger partial charge in [0.15, 0.2) is 0 Å². The predicted molar refractivity (Wildman–Crippen MR) is 68.9 cm³/mol. The van der Waals surface area contributed by atoms with Gasteiger partial charge in [-0.05, 0) is 24.0 Å². The molecule has 2 aromatic heterocycles. The number of aromatic nitrogens is 3. The fraction of sp³-hybridized carbons (Fsp3) is 0.385. The minimum absolute atomic E-state index is 0.235. The van der Waals surface area contributed by atoms with E-state index in [2.05, 4.69) is 35.3 Å². The number of imidazole rings is 1. The van der Waals surface area contributed by atoms with Gasteiger partial charge in [0.25, 0.3) is 0 Å². The van der Waals surface area contributed by atoms with E-state index in [4.69, 9.17) is 5.73 Å². The molecule has 0 aliphatic carbocycles. The molecule has 0 bridgehead atoms. The normalized spacial score (nSPS) is 11.7. The van der Waals surface area contributed by atoms with Crippen LogP contribution in [0.3, 0.4) is 0 Å². The quantitative estimate of drug-likeness (QED) is 0.862. The Morgan fingerprint density at radius 1 is 1.24 bits per heavy atom. The highest BCUT2D eigenvalue weighted by molar-refractivity contribution is 5.38. The molecule has 0 radical (unpaired) electrons. The summed E-state index contributed by atoms with van der Waals surface area (Å²) in [6, 6.07) is 3.76. The molecule has 0 fully saturated rings. The van der Waals surface area contributed by atoms with Crippen LogP contribution in [-0.2, 0) is 6.42 Å². The maximum Gasteiger partial charge on any atom is 0.123 e. The van der Waals surface area contributed by atoms with Crippen LogP contribution in [0.5, 0.6) is 0 Å². The molecule has 0 amide bonds. The maximum atomic E-state index is 5.58. The highest BCUT2D eigenvalue weighted by atomic mass is 15.1. The Bertz CT molecular complexity index is 491. The predicted octanol–water partition coefficient (Wildman–Crippen LogP) is 2.44. The third-order valence-corrected chi connectivity index (χ3v) is 2.48. The van der Waals surface area contributed by atoms with Gasteiger partial charge in [-0.15, -0.1) is 0 Å². The van der Waals surface area contributed by atoms with Crippen molar-refractivity contribution in [3.05, 3.63) is 36.5 Å². The number of nitrogen functional groups attached to an aromatic ring is 1. The van der Waals surface area contributed by atoms with E-state index in [-0.39, 0.29) is 5.41 Å². The lowest BCUT2D eigenvalue weighted by molar-refractivity contribution is 0.404. The van der Waals surface area contributed by atoms with Crippen molar-refractivity contribution in [3.63, 3.8) is 0 Å². The van der Waals surface area contributed by atoms with E-state index < -0.39 is 0 Å². The summed E-state index contributed by atoms with van der Waals surface area (Å²) in [4.78, 5) is 8.31. The summed E-state index contributed by atoms with van der Waals surface area (Å²) in [6.45, 7) is 6.64. The van der Waals surface area contributed by atoms with Crippen molar-refractivity contribution in [2.24, 2.45) is 5.41 Å². The molecule has 4 heteroatoms. The number of pyridine rings is 1. The van der Waals surface area contributed by atoms with Gasteiger partial charge in [-0.1, -0.05) is 20.8 Å². The molecule has 0 unspecified atom stereocenters. The summed E-state index contributed by atoms with van der Waals surface area (Å²) in [5, 5.41) is 0. The molecule has 2 N–H and O–H groups in total. The van der Waals surface area contributed by atoms with E-state index >= 15 is 0 Å². The van der Waals surface area contributed by atoms with Gasteiger partial charge >= 0.3 is 0 Å². The van der Waals surface area contributed by atoms with Crippen molar-refractivity contribution >= 4 is 5.82 Å². The van der Waals surface area contributed by atoms with Crippen molar-refractivity contribution in [2.45, 2.75) is 27.2 Å². The van der Waals surface area contributed by atoms with Gasteiger partial charge in [0.05, 0.1) is 18.2 Å². The summed E-state index contributed by atoms with van der Waals surface area (Å²) in [5.74, 6) is 0.534. The molecule has 90 valence electrons. The topological polar surface area (TPSA) is 56.7 Å². The average Bonchev–Trinajstić information content (AvgIpc) is 2.64. The van der Waals surface area contributed by atoms with Crippen LogP contribution in [0.25, 0.3) is 5.69 Å². The number of nitrogens with two attached hydrogens (primary N) is 1. The van der Waals surface area contributed by atoms with Gasteiger partial charge in [0.2, 0.25) is 0 Å². The van der Waals surface area contributed by atoms with E-state index in [0.29, 0.717) is 5.82 Å². The van der Waals surface area contributed by atoms with Crippen molar-refractivity contribution in [3.8, 4) is 5.69 Å². The summed E-state index contributed by atoms with van der Waals surface area (Å²) in [6.07, 6.45) is 6.45. The van der Waals surface area contributed by atoms with Crippen molar-refractivity contribution in [1.29, 1.82) is 0 Å². The van der Waals surface area contributed by atoms with E-state index in [1.807, 2.05) is 18.6 Å². The van der Waals surface area contributed by atoms with E-state index in [0.717, 1.165) is 12.1 Å². The first kappa shape index (κ1) is 11.6. The van der Waals surface area contributed by atoms with Gasteiger partial charge in [0.1, 0.15) is 5.82 Å². The molecule has 0 aliphatic heterocycles. The van der Waals surface area contributed by atoms with E-state index in [9.17, 15) is 0 Å². The minimum Gasteiger partial charge on any atom is -0.384 e. The zero-order valence-electron chi connectivity index (χ0n) is 10.5. The first-order valence-corrected chi connectivity index (χ1v) is 5.69. The second-order valence-electron chi connectivity index (χ2n) is 5.43. The molecule has 2 aromatic rings. The van der Waals surface area contributed by atoms with Crippen LogP contribution >= 0.6 is 0 Å². The van der Waals surface area contributed by atoms with Crippen molar-refractivity contribution in [2.75, 3.05) is 5.73 Å². The first-order valence-electron chi connectivity index (χ1n) is 5.69. The number of rotatable bonds is 2. The molecule has 0 aromatic carbocycles. The molecular weight excluding hydrogens is 212 g/mol. The second kappa shape index (κ2) is 4.20. The number of anilines is 1. The van der Waals surface area contributed by atoms with Gasteiger partial charge in [-0.2, -0.15) is 0 Å². The highest BCUT2D eigenvalue weighted by Crippen LogP contribution is 2.22. The third-order valence-electron chi connectivity index (χ3n) is 2.48. The minimum atomic E-state index is 0.235. The SMILES string of the molecule is CC(C)(C)Cc1cncn1-c1ccc(N)nc1. The Balaban J connectivity index is 2.33. The standard InChI is InChI=1S/C13H18N4/c1-13(2,3)6-11-7-15-9-17(11)10-4-5-12(14)16-8-10/h4-5,7-9H,6H2,1-3H3,(H2,14,16). The van der Waals surface area contributed by atoms with Crippen LogP contribution in [0.2, 0.25) is 0 Å². The largest absolute Gasteiger partial charge is 0.384 e. The van der Waals surface area contributed by atoms with E-state index in [1.54, 1.807) is 12.3 Å². The summed E-state index contributed by atoms with van der Waals surface area (Å²) in [5.41, 5.74) is 8.00. The lowest BCUT2D eigenvalue weighted by atomic mass is 9.91. The van der Waals surface area contributed by atoms with Crippen molar-refractivity contribution < 1.29 is 0 Å². The molecule has 0 saturated heterocycles. The van der Waals surface area contributed by atoms with Crippen LogP contribution in [-0.4, -0.2) is 14.5 Å².